The molecule has 0 amide bonds. The lowest BCUT2D eigenvalue weighted by Gasteiger charge is -2.14. The van der Waals surface area contributed by atoms with Gasteiger partial charge in [0.25, 0.3) is 0 Å². The molecule has 5 heteroatoms. The number of aliphatic carboxylic acids is 1. The van der Waals surface area contributed by atoms with Gasteiger partial charge in [-0.15, -0.1) is 0 Å². The standard InChI is InChI=1S/C11H13N3O2/c1-14(2)8-3-4-12-11-10(8)7(6-13-11)5-9(15)16/h3-4,6H,5H2,1-2H3,(H,12,13)(H,15,16). The van der Waals surface area contributed by atoms with Gasteiger partial charge < -0.3 is 15.0 Å². The van der Waals surface area contributed by atoms with Crippen LogP contribution in [0.4, 0.5) is 5.69 Å². The van der Waals surface area contributed by atoms with Crippen LogP contribution in [0.15, 0.2) is 18.5 Å². The molecule has 2 aromatic heterocycles. The maximum atomic E-state index is 10.7. The molecular formula is C11H13N3O2. The second-order valence-corrected chi connectivity index (χ2v) is 3.83. The molecule has 0 aromatic carbocycles. The first-order valence-corrected chi connectivity index (χ1v) is 4.93. The van der Waals surface area contributed by atoms with Gasteiger partial charge in [0.2, 0.25) is 0 Å². The molecule has 2 heterocycles. The van der Waals surface area contributed by atoms with Gasteiger partial charge in [0, 0.05) is 37.6 Å². The fraction of sp³-hybridized carbons (Fsp3) is 0.273. The largest absolute Gasteiger partial charge is 0.481 e. The number of fused-ring (bicyclic) bond motifs is 1. The van der Waals surface area contributed by atoms with E-state index in [1.807, 2.05) is 25.1 Å². The normalized spacial score (nSPS) is 10.6. The first kappa shape index (κ1) is 10.5. The van der Waals surface area contributed by atoms with Crippen molar-refractivity contribution in [3.05, 3.63) is 24.0 Å². The topological polar surface area (TPSA) is 69.2 Å². The van der Waals surface area contributed by atoms with Gasteiger partial charge in [-0.05, 0) is 11.6 Å². The van der Waals surface area contributed by atoms with E-state index in [0.717, 1.165) is 22.3 Å². The Morgan fingerprint density at radius 3 is 2.94 bits per heavy atom. The van der Waals surface area contributed by atoms with Crippen LogP contribution in [0, 0.1) is 0 Å². The summed E-state index contributed by atoms with van der Waals surface area (Å²) in [7, 11) is 3.85. The molecule has 0 spiro atoms. The second-order valence-electron chi connectivity index (χ2n) is 3.83. The van der Waals surface area contributed by atoms with Crippen LogP contribution in [0.3, 0.4) is 0 Å². The summed E-state index contributed by atoms with van der Waals surface area (Å²) < 4.78 is 0. The summed E-state index contributed by atoms with van der Waals surface area (Å²) in [6.07, 6.45) is 3.42. The van der Waals surface area contributed by atoms with E-state index in [4.69, 9.17) is 5.11 Å². The number of carboxylic acid groups (broad SMARTS) is 1. The summed E-state index contributed by atoms with van der Waals surface area (Å²) in [6, 6.07) is 1.88. The number of nitrogens with zero attached hydrogens (tertiary/aromatic N) is 2. The molecule has 0 aliphatic rings. The zero-order chi connectivity index (χ0) is 11.7. The Bertz CT molecular complexity index is 531. The first-order chi connectivity index (χ1) is 7.59. The smallest absolute Gasteiger partial charge is 0.307 e. The summed E-state index contributed by atoms with van der Waals surface area (Å²) in [5, 5.41) is 9.71. The van der Waals surface area contributed by atoms with Crippen LogP contribution in [0.25, 0.3) is 11.0 Å². The summed E-state index contributed by atoms with van der Waals surface area (Å²) >= 11 is 0. The van der Waals surface area contributed by atoms with E-state index in [-0.39, 0.29) is 6.42 Å². The summed E-state index contributed by atoms with van der Waals surface area (Å²) in [6.45, 7) is 0. The van der Waals surface area contributed by atoms with Gasteiger partial charge in [-0.3, -0.25) is 4.79 Å². The van der Waals surface area contributed by atoms with Crippen molar-refractivity contribution in [3.63, 3.8) is 0 Å². The highest BCUT2D eigenvalue weighted by atomic mass is 16.4. The molecule has 2 rings (SSSR count). The molecule has 16 heavy (non-hydrogen) atoms. The van der Waals surface area contributed by atoms with Gasteiger partial charge in [-0.2, -0.15) is 0 Å². The number of hydrogen-bond acceptors (Lipinski definition) is 3. The number of aromatic nitrogens is 2. The van der Waals surface area contributed by atoms with Gasteiger partial charge >= 0.3 is 5.97 Å². The molecule has 84 valence electrons. The van der Waals surface area contributed by atoms with E-state index < -0.39 is 5.97 Å². The van der Waals surface area contributed by atoms with Gasteiger partial charge in [0.1, 0.15) is 5.65 Å². The summed E-state index contributed by atoms with van der Waals surface area (Å²) in [5.41, 5.74) is 2.46. The number of nitrogens with one attached hydrogen (secondary N) is 1. The Labute approximate surface area is 92.7 Å². The number of pyridine rings is 1. The lowest BCUT2D eigenvalue weighted by Crippen LogP contribution is -2.10. The van der Waals surface area contributed by atoms with Crippen molar-refractivity contribution < 1.29 is 9.90 Å². The van der Waals surface area contributed by atoms with Crippen molar-refractivity contribution in [1.82, 2.24) is 9.97 Å². The molecule has 0 unspecified atom stereocenters. The van der Waals surface area contributed by atoms with Gasteiger partial charge in [-0.25, -0.2) is 4.98 Å². The third-order valence-electron chi connectivity index (χ3n) is 2.46. The molecule has 0 saturated heterocycles. The molecular weight excluding hydrogens is 206 g/mol. The van der Waals surface area contributed by atoms with Crippen molar-refractivity contribution in [2.45, 2.75) is 6.42 Å². The third-order valence-corrected chi connectivity index (χ3v) is 2.46. The van der Waals surface area contributed by atoms with Crippen molar-refractivity contribution >= 4 is 22.7 Å². The van der Waals surface area contributed by atoms with Crippen molar-refractivity contribution in [3.8, 4) is 0 Å². The SMILES string of the molecule is CN(C)c1ccnc2[nH]cc(CC(=O)O)c12. The summed E-state index contributed by atoms with van der Waals surface area (Å²) in [4.78, 5) is 19.9. The number of carbonyl (C=O) groups is 1. The van der Waals surface area contributed by atoms with E-state index >= 15 is 0 Å². The van der Waals surface area contributed by atoms with Crippen LogP contribution in [0.5, 0.6) is 0 Å². The van der Waals surface area contributed by atoms with E-state index in [1.54, 1.807) is 12.4 Å². The molecule has 0 atom stereocenters. The second kappa shape index (κ2) is 3.84. The molecule has 5 nitrogen and oxygen atoms in total. The average molecular weight is 219 g/mol. The molecule has 0 aliphatic heterocycles. The number of rotatable bonds is 3. The third kappa shape index (κ3) is 1.71. The highest BCUT2D eigenvalue weighted by molar-refractivity contribution is 5.94. The quantitative estimate of drug-likeness (QED) is 0.815. The van der Waals surface area contributed by atoms with Crippen molar-refractivity contribution in [2.75, 3.05) is 19.0 Å². The Morgan fingerprint density at radius 1 is 1.56 bits per heavy atom. The molecule has 2 N–H and O–H groups in total. The Kier molecular flexibility index (Phi) is 2.52. The van der Waals surface area contributed by atoms with E-state index in [1.165, 1.54) is 0 Å². The predicted octanol–water partition coefficient (Wildman–Crippen LogP) is 1.26. The lowest BCUT2D eigenvalue weighted by atomic mass is 10.1. The van der Waals surface area contributed by atoms with Crippen LogP contribution in [-0.4, -0.2) is 35.1 Å². The van der Waals surface area contributed by atoms with E-state index in [9.17, 15) is 4.79 Å². The predicted molar refractivity (Wildman–Crippen MR) is 61.8 cm³/mol. The minimum absolute atomic E-state index is 0.00648. The lowest BCUT2D eigenvalue weighted by molar-refractivity contribution is -0.136. The number of anilines is 1. The Hall–Kier alpha value is -2.04. The minimum atomic E-state index is -0.838. The Morgan fingerprint density at radius 2 is 2.31 bits per heavy atom. The zero-order valence-electron chi connectivity index (χ0n) is 9.19. The fourth-order valence-corrected chi connectivity index (χ4v) is 1.78. The van der Waals surface area contributed by atoms with E-state index in [2.05, 4.69) is 9.97 Å². The average Bonchev–Trinajstić information content (AvgIpc) is 2.60. The molecule has 0 aliphatic carbocycles. The van der Waals surface area contributed by atoms with Crippen LogP contribution in [0.2, 0.25) is 0 Å². The van der Waals surface area contributed by atoms with E-state index in [0.29, 0.717) is 0 Å². The Balaban J connectivity index is 2.63. The van der Waals surface area contributed by atoms with Crippen LogP contribution < -0.4 is 4.90 Å². The van der Waals surface area contributed by atoms with Crippen LogP contribution in [0.1, 0.15) is 5.56 Å². The number of H-pyrrole nitrogens is 1. The van der Waals surface area contributed by atoms with Gasteiger partial charge in [0.15, 0.2) is 0 Å². The zero-order valence-corrected chi connectivity index (χ0v) is 9.19. The molecule has 2 aromatic rings. The number of aromatic amines is 1. The molecule has 0 bridgehead atoms. The molecule has 0 radical (unpaired) electrons. The highest BCUT2D eigenvalue weighted by Crippen LogP contribution is 2.27. The maximum absolute atomic E-state index is 10.7. The monoisotopic (exact) mass is 219 g/mol. The highest BCUT2D eigenvalue weighted by Gasteiger charge is 2.12. The minimum Gasteiger partial charge on any atom is -0.481 e. The molecule has 0 saturated carbocycles. The summed E-state index contributed by atoms with van der Waals surface area (Å²) in [5.74, 6) is -0.838. The van der Waals surface area contributed by atoms with Crippen molar-refractivity contribution in [1.29, 1.82) is 0 Å². The number of carboxylic acids is 1. The van der Waals surface area contributed by atoms with Gasteiger partial charge in [-0.1, -0.05) is 0 Å². The van der Waals surface area contributed by atoms with Crippen molar-refractivity contribution in [2.24, 2.45) is 0 Å². The first-order valence-electron chi connectivity index (χ1n) is 4.93. The van der Waals surface area contributed by atoms with Gasteiger partial charge in [0.05, 0.1) is 6.42 Å². The maximum Gasteiger partial charge on any atom is 0.307 e. The van der Waals surface area contributed by atoms with Crippen LogP contribution in [-0.2, 0) is 11.2 Å². The molecule has 0 fully saturated rings. The fourth-order valence-electron chi connectivity index (χ4n) is 1.78. The van der Waals surface area contributed by atoms with Crippen LogP contribution >= 0.6 is 0 Å². The number of hydrogen-bond donors (Lipinski definition) is 2.